The Bertz CT molecular complexity index is 262. The van der Waals surface area contributed by atoms with E-state index in [1.165, 1.54) is 20.0 Å². The lowest BCUT2D eigenvalue weighted by molar-refractivity contribution is -0.140. The summed E-state index contributed by atoms with van der Waals surface area (Å²) in [4.78, 5) is 24.6. The van der Waals surface area contributed by atoms with Gasteiger partial charge in [0.1, 0.15) is 0 Å². The van der Waals surface area contributed by atoms with Crippen LogP contribution in [0.2, 0.25) is 0 Å². The Labute approximate surface area is 102 Å². The molecule has 17 heavy (non-hydrogen) atoms. The van der Waals surface area contributed by atoms with E-state index >= 15 is 0 Å². The minimum Gasteiger partial charge on any atom is -0.469 e. The van der Waals surface area contributed by atoms with E-state index < -0.39 is 0 Å². The van der Waals surface area contributed by atoms with E-state index in [2.05, 4.69) is 10.1 Å². The molecule has 0 atom stereocenters. The number of hydrogen-bond acceptors (Lipinski definition) is 3. The number of hydrogen-bond donors (Lipinski definition) is 1. The van der Waals surface area contributed by atoms with Crippen molar-refractivity contribution < 1.29 is 14.3 Å². The van der Waals surface area contributed by atoms with E-state index in [1.54, 1.807) is 4.90 Å². The van der Waals surface area contributed by atoms with Crippen LogP contribution in [0.15, 0.2) is 0 Å². The Kier molecular flexibility index (Phi) is 5.80. The molecule has 1 aliphatic carbocycles. The molecule has 0 aromatic rings. The molecular formula is C12H22N2O3. The van der Waals surface area contributed by atoms with Crippen LogP contribution >= 0.6 is 0 Å². The number of nitrogens with one attached hydrogen (secondary N) is 1. The van der Waals surface area contributed by atoms with Gasteiger partial charge in [-0.05, 0) is 19.8 Å². The maximum Gasteiger partial charge on any atom is 0.317 e. The largest absolute Gasteiger partial charge is 0.469 e. The number of amides is 2. The molecule has 1 aliphatic rings. The molecule has 0 bridgehead atoms. The van der Waals surface area contributed by atoms with Gasteiger partial charge in [0.05, 0.1) is 13.5 Å². The number of carbonyl (C=O) groups excluding carboxylic acids is 2. The molecule has 98 valence electrons. The van der Waals surface area contributed by atoms with Crippen LogP contribution in [-0.2, 0) is 9.53 Å². The lowest BCUT2D eigenvalue weighted by Gasteiger charge is -2.23. The fraction of sp³-hybridized carbons (Fsp3) is 0.833. The van der Waals surface area contributed by atoms with Crippen LogP contribution in [-0.4, -0.2) is 43.1 Å². The van der Waals surface area contributed by atoms with Gasteiger partial charge < -0.3 is 15.0 Å². The molecule has 0 unspecified atom stereocenters. The number of ether oxygens (including phenoxy) is 1. The Morgan fingerprint density at radius 1 is 1.35 bits per heavy atom. The van der Waals surface area contributed by atoms with Gasteiger partial charge in [-0.25, -0.2) is 4.79 Å². The SMILES string of the molecule is CCN(CCC(=O)OC)C(=O)NC1CCCC1. The van der Waals surface area contributed by atoms with Gasteiger partial charge in [0.25, 0.3) is 0 Å². The van der Waals surface area contributed by atoms with Crippen molar-refractivity contribution in [3.05, 3.63) is 0 Å². The van der Waals surface area contributed by atoms with Crippen LogP contribution in [0.3, 0.4) is 0 Å². The number of esters is 1. The topological polar surface area (TPSA) is 58.6 Å². The summed E-state index contributed by atoms with van der Waals surface area (Å²) in [6.07, 6.45) is 4.78. The summed E-state index contributed by atoms with van der Waals surface area (Å²) in [6, 6.07) is 0.248. The van der Waals surface area contributed by atoms with Crippen molar-refractivity contribution in [3.63, 3.8) is 0 Å². The molecule has 0 spiro atoms. The number of carbonyl (C=O) groups is 2. The van der Waals surface area contributed by atoms with Crippen LogP contribution in [0, 0.1) is 0 Å². The van der Waals surface area contributed by atoms with Crippen LogP contribution in [0.1, 0.15) is 39.0 Å². The van der Waals surface area contributed by atoms with E-state index in [0.717, 1.165) is 12.8 Å². The first-order valence-electron chi connectivity index (χ1n) is 6.29. The third kappa shape index (κ3) is 4.63. The van der Waals surface area contributed by atoms with Gasteiger partial charge in [0, 0.05) is 19.1 Å². The molecule has 5 nitrogen and oxygen atoms in total. The second kappa shape index (κ2) is 7.14. The molecule has 0 aromatic carbocycles. The van der Waals surface area contributed by atoms with Gasteiger partial charge in [0.2, 0.25) is 0 Å². The van der Waals surface area contributed by atoms with Gasteiger partial charge >= 0.3 is 12.0 Å². The summed E-state index contributed by atoms with van der Waals surface area (Å²) in [5.74, 6) is -0.280. The Balaban J connectivity index is 2.32. The highest BCUT2D eigenvalue weighted by atomic mass is 16.5. The molecule has 0 saturated heterocycles. The predicted molar refractivity (Wildman–Crippen MR) is 64.7 cm³/mol. The zero-order chi connectivity index (χ0) is 12.7. The van der Waals surface area contributed by atoms with Crippen LogP contribution in [0.5, 0.6) is 0 Å². The van der Waals surface area contributed by atoms with Crippen LogP contribution in [0.25, 0.3) is 0 Å². The lowest BCUT2D eigenvalue weighted by atomic mass is 10.2. The maximum absolute atomic E-state index is 11.9. The van der Waals surface area contributed by atoms with Crippen molar-refractivity contribution in [2.24, 2.45) is 0 Å². The van der Waals surface area contributed by atoms with Crippen molar-refractivity contribution in [2.45, 2.75) is 45.1 Å². The third-order valence-corrected chi connectivity index (χ3v) is 3.17. The van der Waals surface area contributed by atoms with E-state index in [9.17, 15) is 9.59 Å². The smallest absolute Gasteiger partial charge is 0.317 e. The van der Waals surface area contributed by atoms with Crippen molar-refractivity contribution >= 4 is 12.0 Å². The molecule has 1 saturated carbocycles. The summed E-state index contributed by atoms with van der Waals surface area (Å²) in [5, 5.41) is 3.01. The average molecular weight is 242 g/mol. The second-order valence-electron chi connectivity index (χ2n) is 4.34. The highest BCUT2D eigenvalue weighted by Crippen LogP contribution is 2.17. The Morgan fingerprint density at radius 2 is 2.00 bits per heavy atom. The first-order chi connectivity index (χ1) is 8.17. The maximum atomic E-state index is 11.9. The second-order valence-corrected chi connectivity index (χ2v) is 4.34. The summed E-state index contributed by atoms with van der Waals surface area (Å²) in [7, 11) is 1.36. The zero-order valence-corrected chi connectivity index (χ0v) is 10.7. The Morgan fingerprint density at radius 3 is 2.53 bits per heavy atom. The number of rotatable bonds is 5. The van der Waals surface area contributed by atoms with Gasteiger partial charge in [-0.15, -0.1) is 0 Å². The van der Waals surface area contributed by atoms with E-state index in [4.69, 9.17) is 0 Å². The van der Waals surface area contributed by atoms with E-state index in [-0.39, 0.29) is 18.4 Å². The predicted octanol–water partition coefficient (Wildman–Crippen LogP) is 1.52. The highest BCUT2D eigenvalue weighted by Gasteiger charge is 2.20. The van der Waals surface area contributed by atoms with Crippen LogP contribution in [0.4, 0.5) is 4.79 Å². The van der Waals surface area contributed by atoms with Crippen molar-refractivity contribution in [3.8, 4) is 0 Å². The van der Waals surface area contributed by atoms with Crippen molar-refractivity contribution in [2.75, 3.05) is 20.2 Å². The number of urea groups is 1. The van der Waals surface area contributed by atoms with Gasteiger partial charge in [-0.1, -0.05) is 12.8 Å². The molecule has 1 fully saturated rings. The molecular weight excluding hydrogens is 220 g/mol. The lowest BCUT2D eigenvalue weighted by Crippen LogP contribution is -2.44. The van der Waals surface area contributed by atoms with E-state index in [1.807, 2.05) is 6.92 Å². The molecule has 1 N–H and O–H groups in total. The fourth-order valence-electron chi connectivity index (χ4n) is 2.07. The first-order valence-corrected chi connectivity index (χ1v) is 6.29. The molecule has 5 heteroatoms. The molecule has 0 radical (unpaired) electrons. The summed E-state index contributed by atoms with van der Waals surface area (Å²) in [6.45, 7) is 2.93. The summed E-state index contributed by atoms with van der Waals surface area (Å²) < 4.78 is 4.56. The summed E-state index contributed by atoms with van der Waals surface area (Å²) >= 11 is 0. The standard InChI is InChI=1S/C12H22N2O3/c1-3-14(9-8-11(15)17-2)12(16)13-10-6-4-5-7-10/h10H,3-9H2,1-2H3,(H,13,16). The number of nitrogens with zero attached hydrogens (tertiary/aromatic N) is 1. The fourth-order valence-corrected chi connectivity index (χ4v) is 2.07. The van der Waals surface area contributed by atoms with Gasteiger partial charge in [0.15, 0.2) is 0 Å². The summed E-state index contributed by atoms with van der Waals surface area (Å²) in [5.41, 5.74) is 0. The highest BCUT2D eigenvalue weighted by molar-refractivity contribution is 5.75. The average Bonchev–Trinajstić information content (AvgIpc) is 2.82. The third-order valence-electron chi connectivity index (χ3n) is 3.17. The molecule has 2 amide bonds. The van der Waals surface area contributed by atoms with Crippen molar-refractivity contribution in [1.82, 2.24) is 10.2 Å². The molecule has 0 aliphatic heterocycles. The zero-order valence-electron chi connectivity index (χ0n) is 10.7. The minimum atomic E-state index is -0.280. The minimum absolute atomic E-state index is 0.0664. The number of methoxy groups -OCH3 is 1. The quantitative estimate of drug-likeness (QED) is 0.744. The monoisotopic (exact) mass is 242 g/mol. The first kappa shape index (κ1) is 13.8. The van der Waals surface area contributed by atoms with Crippen molar-refractivity contribution in [1.29, 1.82) is 0 Å². The normalized spacial score (nSPS) is 15.6. The molecule has 0 heterocycles. The molecule has 0 aromatic heterocycles. The molecule has 1 rings (SSSR count). The van der Waals surface area contributed by atoms with Crippen LogP contribution < -0.4 is 5.32 Å². The van der Waals surface area contributed by atoms with E-state index in [0.29, 0.717) is 19.1 Å². The van der Waals surface area contributed by atoms with Gasteiger partial charge in [-0.2, -0.15) is 0 Å². The van der Waals surface area contributed by atoms with Gasteiger partial charge in [-0.3, -0.25) is 4.79 Å². The Hall–Kier alpha value is -1.26.